The van der Waals surface area contributed by atoms with Crippen LogP contribution in [0.2, 0.25) is 0 Å². The number of rotatable bonds is 11. The zero-order valence-electron chi connectivity index (χ0n) is 20.8. The summed E-state index contributed by atoms with van der Waals surface area (Å²) in [5.74, 6) is -1.06. The van der Waals surface area contributed by atoms with Crippen LogP contribution >= 0.6 is 0 Å². The molecule has 0 saturated carbocycles. The molecule has 0 fully saturated rings. The van der Waals surface area contributed by atoms with Gasteiger partial charge in [0.25, 0.3) is 5.91 Å². The molecule has 0 saturated heterocycles. The molecule has 0 bridgehead atoms. The van der Waals surface area contributed by atoms with Gasteiger partial charge in [-0.1, -0.05) is 38.0 Å². The van der Waals surface area contributed by atoms with Gasteiger partial charge in [-0.25, -0.2) is 0 Å². The molecule has 0 aromatic heterocycles. The number of unbranched alkanes of at least 4 members (excludes halogenated alkanes) is 2. The Morgan fingerprint density at radius 2 is 1.32 bits per heavy atom. The van der Waals surface area contributed by atoms with E-state index in [1.807, 2.05) is 0 Å². The van der Waals surface area contributed by atoms with Gasteiger partial charge in [0, 0.05) is 34.7 Å². The molecule has 0 radical (unpaired) electrons. The number of carbonyl (C=O) groups is 3. The van der Waals surface area contributed by atoms with E-state index >= 15 is 0 Å². The summed E-state index contributed by atoms with van der Waals surface area (Å²) in [6.07, 6.45) is -1.22. The Balaban J connectivity index is 1.53. The predicted octanol–water partition coefficient (Wildman–Crippen LogP) is 6.53. The lowest BCUT2D eigenvalue weighted by Crippen LogP contribution is -2.22. The van der Waals surface area contributed by atoms with Gasteiger partial charge in [0.05, 0.1) is 12.1 Å². The van der Waals surface area contributed by atoms with Crippen molar-refractivity contribution in [1.82, 2.24) is 0 Å². The molecule has 3 amide bonds. The van der Waals surface area contributed by atoms with Crippen molar-refractivity contribution in [2.24, 2.45) is 0 Å². The Labute approximate surface area is 218 Å². The maximum absolute atomic E-state index is 12.9. The quantitative estimate of drug-likeness (QED) is 0.214. The van der Waals surface area contributed by atoms with Crippen molar-refractivity contribution >= 4 is 40.5 Å². The number of amides is 3. The van der Waals surface area contributed by atoms with Gasteiger partial charge in [-0.15, -0.1) is 0 Å². The van der Waals surface area contributed by atoms with Crippen LogP contribution in [0.25, 0.3) is 0 Å². The molecule has 0 heterocycles. The third-order valence-electron chi connectivity index (χ3n) is 5.46. The molecule has 3 aromatic rings. The molecule has 38 heavy (non-hydrogen) atoms. The summed E-state index contributed by atoms with van der Waals surface area (Å²) in [6, 6.07) is 17.4. The topological polar surface area (TPSA) is 99.3 Å². The Morgan fingerprint density at radius 3 is 2.03 bits per heavy atom. The van der Waals surface area contributed by atoms with Crippen molar-refractivity contribution in [2.45, 2.75) is 38.8 Å². The third kappa shape index (κ3) is 8.95. The number of nitrogens with one attached hydrogen (secondary N) is 4. The lowest BCUT2D eigenvalue weighted by atomic mass is 10.1. The summed E-state index contributed by atoms with van der Waals surface area (Å²) in [5, 5.41) is 10.9. The predicted molar refractivity (Wildman–Crippen MR) is 142 cm³/mol. The van der Waals surface area contributed by atoms with Crippen molar-refractivity contribution < 1.29 is 27.6 Å². The molecular weight excluding hydrogens is 497 g/mol. The van der Waals surface area contributed by atoms with Crippen LogP contribution in [0.1, 0.15) is 48.5 Å². The molecule has 7 nitrogen and oxygen atoms in total. The van der Waals surface area contributed by atoms with Gasteiger partial charge < -0.3 is 21.3 Å². The van der Waals surface area contributed by atoms with Crippen LogP contribution in [0, 0.1) is 0 Å². The zero-order valence-corrected chi connectivity index (χ0v) is 20.8. The van der Waals surface area contributed by atoms with E-state index < -0.39 is 17.6 Å². The van der Waals surface area contributed by atoms with E-state index in [1.165, 1.54) is 24.3 Å². The number of anilines is 4. The normalized spacial score (nSPS) is 10.9. The van der Waals surface area contributed by atoms with E-state index in [2.05, 4.69) is 28.2 Å². The average molecular weight is 527 g/mol. The van der Waals surface area contributed by atoms with E-state index in [-0.39, 0.29) is 29.6 Å². The summed E-state index contributed by atoms with van der Waals surface area (Å²) in [7, 11) is 0. The monoisotopic (exact) mass is 526 g/mol. The number of carbonyl (C=O) groups excluding carboxylic acids is 3. The fourth-order valence-electron chi connectivity index (χ4n) is 3.57. The minimum Gasteiger partial charge on any atom is -0.376 e. The summed E-state index contributed by atoms with van der Waals surface area (Å²) >= 11 is 0. The second-order valence-corrected chi connectivity index (χ2v) is 8.60. The lowest BCUT2D eigenvalue weighted by Gasteiger charge is -2.12. The van der Waals surface area contributed by atoms with Crippen molar-refractivity contribution in [3.63, 3.8) is 0 Å². The second kappa shape index (κ2) is 13.3. The molecule has 3 aromatic carbocycles. The summed E-state index contributed by atoms with van der Waals surface area (Å²) in [4.78, 5) is 37.0. The Kier molecular flexibility index (Phi) is 9.86. The minimum absolute atomic E-state index is 0.00263. The highest BCUT2D eigenvalue weighted by molar-refractivity contribution is 6.05. The summed E-state index contributed by atoms with van der Waals surface area (Å²) < 4.78 is 38.8. The Bertz CT molecular complexity index is 1280. The average Bonchev–Trinajstić information content (AvgIpc) is 2.88. The minimum atomic E-state index is -4.53. The molecule has 200 valence electrons. The fraction of sp³-hybridized carbons (Fsp3) is 0.250. The van der Waals surface area contributed by atoms with E-state index in [9.17, 15) is 27.6 Å². The van der Waals surface area contributed by atoms with Crippen LogP contribution in [0.5, 0.6) is 0 Å². The molecule has 0 atom stereocenters. The van der Waals surface area contributed by atoms with Gasteiger partial charge in [-0.05, 0) is 61.0 Å². The fourth-order valence-corrected chi connectivity index (χ4v) is 3.57. The molecule has 0 aliphatic heterocycles. The zero-order chi connectivity index (χ0) is 27.5. The first-order valence-corrected chi connectivity index (χ1v) is 12.2. The summed E-state index contributed by atoms with van der Waals surface area (Å²) in [5.41, 5.74) is 0.904. The molecule has 10 heteroatoms. The SMILES string of the molecule is CCCCCC(=O)Nc1cccc(NCC(=O)Nc2cccc(C(=O)Nc3cccc(C(F)(F)F)c3)c2)c1. The van der Waals surface area contributed by atoms with Gasteiger partial charge >= 0.3 is 6.18 Å². The Hall–Kier alpha value is -4.34. The first-order chi connectivity index (χ1) is 18.1. The van der Waals surface area contributed by atoms with Crippen molar-refractivity contribution in [3.8, 4) is 0 Å². The van der Waals surface area contributed by atoms with Crippen LogP contribution in [0.3, 0.4) is 0 Å². The smallest absolute Gasteiger partial charge is 0.376 e. The maximum Gasteiger partial charge on any atom is 0.416 e. The third-order valence-corrected chi connectivity index (χ3v) is 5.46. The van der Waals surface area contributed by atoms with Crippen molar-refractivity contribution in [2.75, 3.05) is 27.8 Å². The van der Waals surface area contributed by atoms with E-state index in [4.69, 9.17) is 0 Å². The van der Waals surface area contributed by atoms with Crippen LogP contribution < -0.4 is 21.3 Å². The maximum atomic E-state index is 12.9. The van der Waals surface area contributed by atoms with Crippen LogP contribution in [0.4, 0.5) is 35.9 Å². The largest absolute Gasteiger partial charge is 0.416 e. The standard InChI is InChI=1S/C28H29F3N4O3/c1-2-3-4-14-25(36)33-24-13-7-10-21(17-24)32-18-26(37)34-22-11-5-8-19(15-22)27(38)35-23-12-6-9-20(16-23)28(29,30)31/h5-13,15-17,32H,2-4,14,18H2,1H3,(H,33,36)(H,34,37)(H,35,38). The number of benzene rings is 3. The summed E-state index contributed by atoms with van der Waals surface area (Å²) in [6.45, 7) is 2.00. The highest BCUT2D eigenvalue weighted by atomic mass is 19.4. The molecule has 0 unspecified atom stereocenters. The molecular formula is C28H29F3N4O3. The van der Waals surface area contributed by atoms with Crippen LogP contribution in [-0.2, 0) is 15.8 Å². The number of alkyl halides is 3. The van der Waals surface area contributed by atoms with Gasteiger partial charge in [0.2, 0.25) is 11.8 Å². The number of hydrogen-bond donors (Lipinski definition) is 4. The van der Waals surface area contributed by atoms with Crippen molar-refractivity contribution in [1.29, 1.82) is 0 Å². The van der Waals surface area contributed by atoms with Gasteiger partial charge in [0.1, 0.15) is 0 Å². The number of hydrogen-bond acceptors (Lipinski definition) is 4. The number of halogens is 3. The van der Waals surface area contributed by atoms with E-state index in [0.717, 1.165) is 31.4 Å². The highest BCUT2D eigenvalue weighted by Gasteiger charge is 2.30. The van der Waals surface area contributed by atoms with Gasteiger partial charge in [0.15, 0.2) is 0 Å². The van der Waals surface area contributed by atoms with E-state index in [0.29, 0.717) is 23.5 Å². The molecule has 0 aliphatic rings. The Morgan fingerprint density at radius 1 is 0.711 bits per heavy atom. The van der Waals surface area contributed by atoms with E-state index in [1.54, 1.807) is 36.4 Å². The van der Waals surface area contributed by atoms with Gasteiger partial charge in [-0.2, -0.15) is 13.2 Å². The second-order valence-electron chi connectivity index (χ2n) is 8.60. The molecule has 0 spiro atoms. The molecule has 3 rings (SSSR count). The molecule has 0 aliphatic carbocycles. The molecule has 4 N–H and O–H groups in total. The lowest BCUT2D eigenvalue weighted by molar-refractivity contribution is -0.137. The first-order valence-electron chi connectivity index (χ1n) is 12.2. The van der Waals surface area contributed by atoms with Gasteiger partial charge in [-0.3, -0.25) is 14.4 Å². The van der Waals surface area contributed by atoms with Crippen LogP contribution in [-0.4, -0.2) is 24.3 Å². The first kappa shape index (κ1) is 28.2. The highest BCUT2D eigenvalue weighted by Crippen LogP contribution is 2.30. The van der Waals surface area contributed by atoms with Crippen LogP contribution in [0.15, 0.2) is 72.8 Å². The van der Waals surface area contributed by atoms with Crippen molar-refractivity contribution in [3.05, 3.63) is 83.9 Å².